The molecule has 0 aliphatic carbocycles. The van der Waals surface area contributed by atoms with E-state index in [-0.39, 0.29) is 6.04 Å². The second-order valence-corrected chi connectivity index (χ2v) is 7.41. The Morgan fingerprint density at radius 1 is 1.28 bits per heavy atom. The van der Waals surface area contributed by atoms with Gasteiger partial charge in [0, 0.05) is 35.5 Å². The maximum atomic E-state index is 11.3. The van der Waals surface area contributed by atoms with Gasteiger partial charge in [-0.15, -0.1) is 5.10 Å². The van der Waals surface area contributed by atoms with Crippen LogP contribution in [0.4, 0.5) is 10.6 Å². The number of benzene rings is 2. The van der Waals surface area contributed by atoms with E-state index in [1.807, 2.05) is 25.1 Å². The fourth-order valence-electron chi connectivity index (χ4n) is 3.85. The van der Waals surface area contributed by atoms with Gasteiger partial charge in [0.15, 0.2) is 5.82 Å². The van der Waals surface area contributed by atoms with Gasteiger partial charge in [-0.1, -0.05) is 24.3 Å². The molecular formula is C22H24N4O3. The molecule has 2 aromatic carbocycles. The molecule has 2 heterocycles. The minimum Gasteiger partial charge on any atom is -0.496 e. The number of nitrogens with zero attached hydrogens (tertiary/aromatic N) is 3. The van der Waals surface area contributed by atoms with Gasteiger partial charge in [0.2, 0.25) is 0 Å². The monoisotopic (exact) mass is 392 g/mol. The van der Waals surface area contributed by atoms with Crippen LogP contribution >= 0.6 is 0 Å². The summed E-state index contributed by atoms with van der Waals surface area (Å²) < 4.78 is 5.57. The molecule has 3 aromatic rings. The molecule has 1 unspecified atom stereocenters. The van der Waals surface area contributed by atoms with Crippen LogP contribution in [0.15, 0.2) is 42.6 Å². The van der Waals surface area contributed by atoms with Crippen LogP contribution in [0.5, 0.6) is 5.75 Å². The van der Waals surface area contributed by atoms with Crippen LogP contribution in [0.2, 0.25) is 0 Å². The number of anilines is 1. The molecule has 29 heavy (non-hydrogen) atoms. The molecule has 0 radical (unpaired) electrons. The van der Waals surface area contributed by atoms with E-state index in [2.05, 4.69) is 33.7 Å². The average molecular weight is 392 g/mol. The number of rotatable bonds is 4. The summed E-state index contributed by atoms with van der Waals surface area (Å²) in [5, 5.41) is 23.0. The molecule has 1 saturated heterocycles. The van der Waals surface area contributed by atoms with E-state index in [1.165, 1.54) is 4.90 Å². The second-order valence-electron chi connectivity index (χ2n) is 7.41. The van der Waals surface area contributed by atoms with Crippen LogP contribution in [0.1, 0.15) is 18.4 Å². The fourth-order valence-corrected chi connectivity index (χ4v) is 3.85. The van der Waals surface area contributed by atoms with E-state index in [0.29, 0.717) is 18.9 Å². The summed E-state index contributed by atoms with van der Waals surface area (Å²) in [7, 11) is 1.68. The summed E-state index contributed by atoms with van der Waals surface area (Å²) >= 11 is 0. The van der Waals surface area contributed by atoms with E-state index >= 15 is 0 Å². The summed E-state index contributed by atoms with van der Waals surface area (Å²) in [6.45, 7) is 3.06. The van der Waals surface area contributed by atoms with E-state index in [9.17, 15) is 9.90 Å². The van der Waals surface area contributed by atoms with Gasteiger partial charge in [-0.25, -0.2) is 4.79 Å². The van der Waals surface area contributed by atoms with E-state index in [1.54, 1.807) is 13.3 Å². The predicted molar refractivity (Wildman–Crippen MR) is 113 cm³/mol. The molecule has 1 fully saturated rings. The van der Waals surface area contributed by atoms with Gasteiger partial charge in [-0.2, -0.15) is 5.10 Å². The van der Waals surface area contributed by atoms with E-state index < -0.39 is 6.09 Å². The zero-order valence-corrected chi connectivity index (χ0v) is 16.6. The van der Waals surface area contributed by atoms with Crippen molar-refractivity contribution in [1.82, 2.24) is 15.1 Å². The van der Waals surface area contributed by atoms with Gasteiger partial charge in [0.05, 0.1) is 13.3 Å². The minimum absolute atomic E-state index is 0.0114. The van der Waals surface area contributed by atoms with Crippen LogP contribution in [0, 0.1) is 6.92 Å². The average Bonchev–Trinajstić information content (AvgIpc) is 2.74. The molecule has 4 rings (SSSR count). The number of piperidine rings is 1. The van der Waals surface area contributed by atoms with Crippen molar-refractivity contribution in [3.8, 4) is 16.9 Å². The van der Waals surface area contributed by atoms with Crippen molar-refractivity contribution in [1.29, 1.82) is 0 Å². The molecular weight excluding hydrogens is 368 g/mol. The molecule has 7 nitrogen and oxygen atoms in total. The molecule has 1 amide bonds. The highest BCUT2D eigenvalue weighted by Crippen LogP contribution is 2.34. The number of likely N-dealkylation sites (tertiary alicyclic amines) is 1. The van der Waals surface area contributed by atoms with E-state index in [4.69, 9.17) is 4.74 Å². The molecule has 0 bridgehead atoms. The number of hydrogen-bond donors (Lipinski definition) is 2. The normalized spacial score (nSPS) is 16.6. The predicted octanol–water partition coefficient (Wildman–Crippen LogP) is 4.17. The van der Waals surface area contributed by atoms with Crippen molar-refractivity contribution in [2.75, 3.05) is 25.5 Å². The number of methoxy groups -OCH3 is 1. The van der Waals surface area contributed by atoms with Crippen LogP contribution in [-0.2, 0) is 0 Å². The third kappa shape index (κ3) is 3.94. The van der Waals surface area contributed by atoms with Gasteiger partial charge in [0.1, 0.15) is 5.75 Å². The Morgan fingerprint density at radius 2 is 2.14 bits per heavy atom. The minimum atomic E-state index is -0.880. The van der Waals surface area contributed by atoms with Crippen molar-refractivity contribution in [2.24, 2.45) is 0 Å². The number of nitrogens with one attached hydrogen (secondary N) is 1. The van der Waals surface area contributed by atoms with Crippen LogP contribution in [-0.4, -0.2) is 52.5 Å². The number of ether oxygens (including phenoxy) is 1. The summed E-state index contributed by atoms with van der Waals surface area (Å²) in [6, 6.07) is 12.3. The summed E-state index contributed by atoms with van der Waals surface area (Å²) in [5.41, 5.74) is 3.18. The number of carbonyl (C=O) groups is 1. The van der Waals surface area contributed by atoms with Gasteiger partial charge in [-0.05, 0) is 43.0 Å². The lowest BCUT2D eigenvalue weighted by atomic mass is 10.00. The van der Waals surface area contributed by atoms with Gasteiger partial charge >= 0.3 is 6.09 Å². The Morgan fingerprint density at radius 3 is 2.93 bits per heavy atom. The first-order chi connectivity index (χ1) is 14.0. The highest BCUT2D eigenvalue weighted by molar-refractivity contribution is 5.95. The number of carboxylic acid groups (broad SMARTS) is 1. The van der Waals surface area contributed by atoms with Gasteiger partial charge in [-0.3, -0.25) is 0 Å². The highest BCUT2D eigenvalue weighted by atomic mass is 16.5. The number of aryl methyl sites for hydroxylation is 1. The molecule has 2 N–H and O–H groups in total. The molecule has 7 heteroatoms. The molecule has 0 saturated carbocycles. The maximum Gasteiger partial charge on any atom is 0.407 e. The maximum absolute atomic E-state index is 11.3. The Bertz CT molecular complexity index is 1050. The molecule has 1 aromatic heterocycles. The van der Waals surface area contributed by atoms with Gasteiger partial charge < -0.3 is 20.1 Å². The van der Waals surface area contributed by atoms with E-state index in [0.717, 1.165) is 46.1 Å². The van der Waals surface area contributed by atoms with Crippen molar-refractivity contribution >= 4 is 22.7 Å². The van der Waals surface area contributed by atoms with Crippen molar-refractivity contribution in [3.05, 3.63) is 48.2 Å². The van der Waals surface area contributed by atoms with Crippen molar-refractivity contribution in [3.63, 3.8) is 0 Å². The molecule has 1 atom stereocenters. The summed E-state index contributed by atoms with van der Waals surface area (Å²) in [6.07, 6.45) is 2.58. The molecule has 150 valence electrons. The number of hydrogen-bond acceptors (Lipinski definition) is 5. The number of fused-ring (bicyclic) bond motifs is 1. The summed E-state index contributed by atoms with van der Waals surface area (Å²) in [4.78, 5) is 12.8. The lowest BCUT2D eigenvalue weighted by Crippen LogP contribution is -2.44. The Kier molecular flexibility index (Phi) is 5.20. The third-order valence-corrected chi connectivity index (χ3v) is 5.36. The second kappa shape index (κ2) is 7.95. The Labute approximate surface area is 169 Å². The smallest absolute Gasteiger partial charge is 0.407 e. The zero-order valence-electron chi connectivity index (χ0n) is 16.6. The first-order valence-corrected chi connectivity index (χ1v) is 9.70. The van der Waals surface area contributed by atoms with Gasteiger partial charge in [0.25, 0.3) is 0 Å². The van der Waals surface area contributed by atoms with Crippen LogP contribution in [0.25, 0.3) is 21.9 Å². The lowest BCUT2D eigenvalue weighted by molar-refractivity contribution is 0.133. The lowest BCUT2D eigenvalue weighted by Gasteiger charge is -2.31. The highest BCUT2D eigenvalue weighted by Gasteiger charge is 2.24. The topological polar surface area (TPSA) is 87.6 Å². The Hall–Kier alpha value is -3.35. The standard InChI is InChI=1S/C22H24N4O3/c1-14-5-8-18(20(10-14)29-2)15-6-7-16-12-23-25-21(19(16)11-15)24-17-4-3-9-26(13-17)22(27)28/h5-8,10-12,17H,3-4,9,13H2,1-2H3,(H,24,25)(H,27,28). The summed E-state index contributed by atoms with van der Waals surface area (Å²) in [5.74, 6) is 1.50. The van der Waals surface area contributed by atoms with Crippen molar-refractivity contribution in [2.45, 2.75) is 25.8 Å². The first-order valence-electron chi connectivity index (χ1n) is 9.70. The number of aromatic nitrogens is 2. The molecule has 0 spiro atoms. The number of amides is 1. The largest absolute Gasteiger partial charge is 0.496 e. The Balaban J connectivity index is 1.69. The van der Waals surface area contributed by atoms with Crippen LogP contribution < -0.4 is 10.1 Å². The SMILES string of the molecule is COc1cc(C)ccc1-c1ccc2cnnc(NC3CCCN(C(=O)O)C3)c2c1. The van der Waals surface area contributed by atoms with Crippen LogP contribution in [0.3, 0.4) is 0 Å². The molecule has 1 aliphatic heterocycles. The third-order valence-electron chi connectivity index (χ3n) is 5.36. The quantitative estimate of drug-likeness (QED) is 0.693. The van der Waals surface area contributed by atoms with Crippen molar-refractivity contribution < 1.29 is 14.6 Å². The zero-order chi connectivity index (χ0) is 20.4. The first kappa shape index (κ1) is 19.0. The molecule has 1 aliphatic rings. The fraction of sp³-hybridized carbons (Fsp3) is 0.318.